The fourth-order valence-corrected chi connectivity index (χ4v) is 5.18. The van der Waals surface area contributed by atoms with Crippen LogP contribution < -0.4 is 5.32 Å². The molecule has 2 N–H and O–H groups in total. The van der Waals surface area contributed by atoms with Crippen LogP contribution in [0.2, 0.25) is 10.0 Å². The maximum atomic E-state index is 13.7. The summed E-state index contributed by atoms with van der Waals surface area (Å²) in [6, 6.07) is 11.5. The molecule has 0 radical (unpaired) electrons. The zero-order valence-corrected chi connectivity index (χ0v) is 22.3. The van der Waals surface area contributed by atoms with E-state index in [1.165, 1.54) is 46.2 Å². The minimum absolute atomic E-state index is 0.00862. The zero-order valence-electron chi connectivity index (χ0n) is 20.0. The highest BCUT2D eigenvalue weighted by Gasteiger charge is 2.44. The van der Waals surface area contributed by atoms with Crippen molar-refractivity contribution in [2.24, 2.45) is 0 Å². The molecule has 0 spiro atoms. The average molecular weight is 591 g/mol. The van der Waals surface area contributed by atoms with Crippen molar-refractivity contribution in [3.63, 3.8) is 0 Å². The lowest BCUT2D eigenvalue weighted by atomic mass is 10.0. The Morgan fingerprint density at radius 2 is 1.74 bits per heavy atom. The minimum Gasteiger partial charge on any atom is -0.481 e. The summed E-state index contributed by atoms with van der Waals surface area (Å²) in [7, 11) is 0. The molecule has 0 saturated carbocycles. The summed E-state index contributed by atoms with van der Waals surface area (Å²) in [6.45, 7) is 0.0387. The highest BCUT2D eigenvalue weighted by molar-refractivity contribution is 7.12. The molecule has 2 unspecified atom stereocenters. The van der Waals surface area contributed by atoms with Gasteiger partial charge in [-0.2, -0.15) is 0 Å². The molecular formula is C25H20Cl2N4O7S. The molecule has 2 heterocycles. The van der Waals surface area contributed by atoms with Crippen LogP contribution in [-0.2, 0) is 9.59 Å². The van der Waals surface area contributed by atoms with E-state index in [9.17, 15) is 34.4 Å². The van der Waals surface area contributed by atoms with Crippen LogP contribution in [0.1, 0.15) is 38.1 Å². The Hall–Kier alpha value is -4.00. The molecule has 2 aromatic carbocycles. The molecule has 3 amide bonds. The molecular weight excluding hydrogens is 571 g/mol. The third-order valence-electron chi connectivity index (χ3n) is 6.01. The molecule has 1 aromatic heterocycles. The van der Waals surface area contributed by atoms with Crippen molar-refractivity contribution >= 4 is 63.9 Å². The summed E-state index contributed by atoms with van der Waals surface area (Å²) >= 11 is 13.2. The van der Waals surface area contributed by atoms with Gasteiger partial charge in [-0.3, -0.25) is 29.3 Å². The number of amides is 3. The van der Waals surface area contributed by atoms with Crippen molar-refractivity contribution in [1.82, 2.24) is 15.1 Å². The molecule has 1 fully saturated rings. The SMILES string of the molecule is O=C(O)CC(NC(=O)C1N(C(=O)c2ccc(Cl)c(Cl)c2)CCN1C(=O)c1cccs1)c1cccc([N+](=O)[O-])c1. The van der Waals surface area contributed by atoms with Gasteiger partial charge in [-0.15, -0.1) is 11.3 Å². The van der Waals surface area contributed by atoms with Crippen molar-refractivity contribution in [2.45, 2.75) is 18.6 Å². The summed E-state index contributed by atoms with van der Waals surface area (Å²) in [5.74, 6) is -3.18. The van der Waals surface area contributed by atoms with E-state index < -0.39 is 47.2 Å². The van der Waals surface area contributed by atoms with Gasteiger partial charge in [0, 0.05) is 30.8 Å². The quantitative estimate of drug-likeness (QED) is 0.294. The number of thiophene rings is 1. The Labute approximate surface area is 235 Å². The fraction of sp³-hybridized carbons (Fsp3) is 0.200. The molecule has 1 aliphatic heterocycles. The molecule has 2 atom stereocenters. The lowest BCUT2D eigenvalue weighted by Gasteiger charge is -2.30. The molecule has 1 aliphatic rings. The summed E-state index contributed by atoms with van der Waals surface area (Å²) in [5, 5.41) is 25.4. The number of carbonyl (C=O) groups excluding carboxylic acids is 3. The van der Waals surface area contributed by atoms with Crippen LogP contribution in [0, 0.1) is 10.1 Å². The lowest BCUT2D eigenvalue weighted by molar-refractivity contribution is -0.384. The largest absolute Gasteiger partial charge is 0.481 e. The number of hydrogen-bond acceptors (Lipinski definition) is 7. The van der Waals surface area contributed by atoms with Gasteiger partial charge < -0.3 is 20.2 Å². The number of carboxylic acid groups (broad SMARTS) is 1. The Bertz CT molecular complexity index is 1450. The van der Waals surface area contributed by atoms with Crippen molar-refractivity contribution in [1.29, 1.82) is 0 Å². The maximum absolute atomic E-state index is 13.7. The maximum Gasteiger partial charge on any atom is 0.305 e. The molecule has 14 heteroatoms. The average Bonchev–Trinajstić information content (AvgIpc) is 3.60. The van der Waals surface area contributed by atoms with Crippen LogP contribution >= 0.6 is 34.5 Å². The molecule has 0 bridgehead atoms. The first-order valence-corrected chi connectivity index (χ1v) is 13.1. The number of nitrogens with zero attached hydrogens (tertiary/aromatic N) is 3. The number of nitrogens with one attached hydrogen (secondary N) is 1. The van der Waals surface area contributed by atoms with Gasteiger partial charge in [-0.1, -0.05) is 41.4 Å². The summed E-state index contributed by atoms with van der Waals surface area (Å²) < 4.78 is 0. The number of non-ortho nitro benzene ring substituents is 1. The fourth-order valence-electron chi connectivity index (χ4n) is 4.20. The van der Waals surface area contributed by atoms with Gasteiger partial charge in [0.05, 0.1) is 32.3 Å². The summed E-state index contributed by atoms with van der Waals surface area (Å²) in [4.78, 5) is 65.5. The van der Waals surface area contributed by atoms with E-state index in [-0.39, 0.29) is 39.9 Å². The molecule has 3 aromatic rings. The number of carboxylic acids is 1. The van der Waals surface area contributed by atoms with E-state index in [0.717, 1.165) is 17.4 Å². The first-order chi connectivity index (χ1) is 18.6. The predicted molar refractivity (Wildman–Crippen MR) is 143 cm³/mol. The van der Waals surface area contributed by atoms with Crippen LogP contribution in [0.5, 0.6) is 0 Å². The Balaban J connectivity index is 1.69. The molecule has 202 valence electrons. The van der Waals surface area contributed by atoms with Gasteiger partial charge >= 0.3 is 5.97 Å². The van der Waals surface area contributed by atoms with Crippen LogP contribution in [0.15, 0.2) is 60.0 Å². The van der Waals surface area contributed by atoms with Crippen molar-refractivity contribution in [3.8, 4) is 0 Å². The number of aliphatic carboxylic acids is 1. The van der Waals surface area contributed by atoms with E-state index >= 15 is 0 Å². The van der Waals surface area contributed by atoms with Crippen LogP contribution in [-0.4, -0.2) is 62.8 Å². The number of hydrogen-bond donors (Lipinski definition) is 2. The van der Waals surface area contributed by atoms with Crippen molar-refractivity contribution < 1.29 is 29.2 Å². The van der Waals surface area contributed by atoms with Gasteiger partial charge in [0.1, 0.15) is 0 Å². The van der Waals surface area contributed by atoms with Crippen molar-refractivity contribution in [3.05, 3.63) is 96.1 Å². The molecule has 4 rings (SSSR count). The molecule has 39 heavy (non-hydrogen) atoms. The highest BCUT2D eigenvalue weighted by atomic mass is 35.5. The second-order valence-electron chi connectivity index (χ2n) is 8.49. The van der Waals surface area contributed by atoms with Crippen LogP contribution in [0.4, 0.5) is 5.69 Å². The Kier molecular flexibility index (Phi) is 8.48. The normalized spacial score (nSPS) is 15.6. The molecule has 0 aliphatic carbocycles. The van der Waals surface area contributed by atoms with Gasteiger partial charge in [0.25, 0.3) is 23.4 Å². The molecule has 11 nitrogen and oxygen atoms in total. The van der Waals surface area contributed by atoms with E-state index in [1.807, 2.05) is 0 Å². The standard InChI is InChI=1S/C25H20Cl2N4O7S/c26-17-7-6-15(12-18(17)27)24(35)29-8-9-30(25(36)20-5-2-10-39-20)23(29)22(34)28-19(13-21(32)33)14-3-1-4-16(11-14)31(37)38/h1-7,10-12,19,23H,8-9,13H2,(H,28,34)(H,32,33). The lowest BCUT2D eigenvalue weighted by Crippen LogP contribution is -2.54. The topological polar surface area (TPSA) is 150 Å². The smallest absolute Gasteiger partial charge is 0.305 e. The van der Waals surface area contributed by atoms with Gasteiger partial charge in [0.15, 0.2) is 6.17 Å². The van der Waals surface area contributed by atoms with E-state index in [0.29, 0.717) is 4.88 Å². The monoisotopic (exact) mass is 590 g/mol. The van der Waals surface area contributed by atoms with E-state index in [4.69, 9.17) is 23.2 Å². The van der Waals surface area contributed by atoms with Gasteiger partial charge in [0.2, 0.25) is 0 Å². The van der Waals surface area contributed by atoms with Gasteiger partial charge in [-0.05, 0) is 35.2 Å². The van der Waals surface area contributed by atoms with E-state index in [2.05, 4.69) is 5.32 Å². The summed E-state index contributed by atoms with van der Waals surface area (Å²) in [5.41, 5.74) is 0.0220. The highest BCUT2D eigenvalue weighted by Crippen LogP contribution is 2.28. The number of benzene rings is 2. The third-order valence-corrected chi connectivity index (χ3v) is 7.60. The molecule has 1 saturated heterocycles. The Morgan fingerprint density at radius 1 is 1.03 bits per heavy atom. The van der Waals surface area contributed by atoms with Crippen LogP contribution in [0.25, 0.3) is 0 Å². The van der Waals surface area contributed by atoms with E-state index in [1.54, 1.807) is 17.5 Å². The first kappa shape index (κ1) is 28.0. The number of nitro benzene ring substituents is 1. The van der Waals surface area contributed by atoms with Crippen LogP contribution in [0.3, 0.4) is 0 Å². The first-order valence-electron chi connectivity index (χ1n) is 11.4. The summed E-state index contributed by atoms with van der Waals surface area (Å²) in [6.07, 6.45) is -2.03. The zero-order chi connectivity index (χ0) is 28.3. The predicted octanol–water partition coefficient (Wildman–Crippen LogP) is 4.22. The second kappa shape index (κ2) is 11.8. The number of rotatable bonds is 8. The Morgan fingerprint density at radius 3 is 2.36 bits per heavy atom. The van der Waals surface area contributed by atoms with Crippen molar-refractivity contribution in [2.75, 3.05) is 13.1 Å². The second-order valence-corrected chi connectivity index (χ2v) is 10.3. The number of halogens is 2. The van der Waals surface area contributed by atoms with Gasteiger partial charge in [-0.25, -0.2) is 0 Å². The number of nitro groups is 1. The third kappa shape index (κ3) is 6.19. The number of carbonyl (C=O) groups is 4. The minimum atomic E-state index is -1.43.